The maximum absolute atomic E-state index is 3.76. The fraction of sp³-hybridized carbons (Fsp3) is 0.857. The summed E-state index contributed by atoms with van der Waals surface area (Å²) < 4.78 is 0. The van der Waals surface area contributed by atoms with Crippen molar-refractivity contribution in [2.24, 2.45) is 0 Å². The Morgan fingerprint density at radius 2 is 1.78 bits per heavy atom. The summed E-state index contributed by atoms with van der Waals surface area (Å²) in [7, 11) is 0. The van der Waals surface area contributed by atoms with Crippen molar-refractivity contribution < 1.29 is 12.8 Å². The van der Waals surface area contributed by atoms with E-state index in [0.717, 1.165) is 6.42 Å². The van der Waals surface area contributed by atoms with Crippen molar-refractivity contribution in [2.75, 3.05) is 0 Å². The predicted molar refractivity (Wildman–Crippen MR) is 48.1 cm³/mol. The molecule has 0 rings (SSSR count). The fourth-order valence-corrected chi connectivity index (χ4v) is 0.604. The molecule has 0 aromatic rings. The zero-order chi connectivity index (χ0) is 7.54. The molecule has 0 fully saturated rings. The van der Waals surface area contributed by atoms with Crippen molar-refractivity contribution in [1.29, 1.82) is 0 Å². The monoisotopic (exact) mass is 281 g/mol. The molecule has 0 saturated carbocycles. The molecule has 9 heavy (non-hydrogen) atoms. The first kappa shape index (κ1) is 12.9. The molecule has 0 radical (unpaired) electrons. The van der Waals surface area contributed by atoms with Crippen LogP contribution in [-0.2, 0) is 12.8 Å². The van der Waals surface area contributed by atoms with Gasteiger partial charge in [0.05, 0.1) is 0 Å². The normalized spacial score (nSPS) is 7.89. The molecular weight excluding hydrogens is 266 g/mol. The molecular formula is C7H15IMn. The van der Waals surface area contributed by atoms with Gasteiger partial charge in [0.2, 0.25) is 0 Å². The zero-order valence-electron chi connectivity index (χ0n) is 6.00. The second-order valence-corrected chi connectivity index (χ2v) is 1.91. The van der Waals surface area contributed by atoms with Gasteiger partial charge in [-0.1, -0.05) is 32.6 Å². The van der Waals surface area contributed by atoms with Gasteiger partial charge in [0, 0.05) is 0 Å². The molecule has 0 unspecified atom stereocenters. The van der Waals surface area contributed by atoms with E-state index in [0.29, 0.717) is 0 Å². The Bertz CT molecular complexity index is 28.1. The quantitative estimate of drug-likeness (QED) is 0.319. The minimum absolute atomic E-state index is 1.11. The third-order valence-corrected chi connectivity index (χ3v) is 1.10. The molecule has 0 aliphatic rings. The standard InChI is InChI=1S/C7H15.HI.Mn/c1-3-5-7-6-4-2;;/h1,3-7H2,2H3;1H;/q-1;;+2/p-1. The van der Waals surface area contributed by atoms with Crippen molar-refractivity contribution >= 4 is 20.3 Å². The van der Waals surface area contributed by atoms with Crippen LogP contribution in [0.5, 0.6) is 0 Å². The molecule has 0 bridgehead atoms. The van der Waals surface area contributed by atoms with E-state index in [1.54, 1.807) is 0 Å². The average molecular weight is 281 g/mol. The molecule has 0 aliphatic carbocycles. The van der Waals surface area contributed by atoms with Crippen molar-refractivity contribution in [3.63, 3.8) is 0 Å². The predicted octanol–water partition coefficient (Wildman–Crippen LogP) is 3.67. The van der Waals surface area contributed by atoms with Crippen molar-refractivity contribution in [2.45, 2.75) is 39.0 Å². The van der Waals surface area contributed by atoms with E-state index in [2.05, 4.69) is 26.6 Å². The van der Waals surface area contributed by atoms with Crippen molar-refractivity contribution in [1.82, 2.24) is 0 Å². The molecule has 0 aromatic heterocycles. The van der Waals surface area contributed by atoms with Gasteiger partial charge in [-0.05, 0) is 0 Å². The first-order chi connectivity index (χ1) is 4.41. The van der Waals surface area contributed by atoms with E-state index in [-0.39, 0.29) is 0 Å². The SMILES string of the molecule is [CH2-]CCCCCC.[Mn+][I]. The van der Waals surface area contributed by atoms with Gasteiger partial charge in [0.15, 0.2) is 0 Å². The van der Waals surface area contributed by atoms with Gasteiger partial charge < -0.3 is 6.92 Å². The third kappa shape index (κ3) is 17.6. The van der Waals surface area contributed by atoms with E-state index < -0.39 is 0 Å². The van der Waals surface area contributed by atoms with E-state index in [4.69, 9.17) is 0 Å². The number of hydrogen-bond acceptors (Lipinski definition) is 0. The molecule has 2 heteroatoms. The second-order valence-electron chi connectivity index (χ2n) is 1.91. The Balaban J connectivity index is 0. The van der Waals surface area contributed by atoms with Crippen molar-refractivity contribution in [3.8, 4) is 0 Å². The Hall–Kier alpha value is 1.25. The second kappa shape index (κ2) is 16.1. The van der Waals surface area contributed by atoms with Crippen molar-refractivity contribution in [3.05, 3.63) is 6.92 Å². The van der Waals surface area contributed by atoms with Crippen LogP contribution in [0.1, 0.15) is 39.0 Å². The van der Waals surface area contributed by atoms with Gasteiger partial charge in [0.1, 0.15) is 0 Å². The van der Waals surface area contributed by atoms with E-state index >= 15 is 0 Å². The first-order valence-electron chi connectivity index (χ1n) is 3.35. The summed E-state index contributed by atoms with van der Waals surface area (Å²) in [6.07, 6.45) is 6.52. The van der Waals surface area contributed by atoms with Crippen LogP contribution >= 0.6 is 20.3 Å². The van der Waals surface area contributed by atoms with Crippen LogP contribution in [-0.4, -0.2) is 0 Å². The van der Waals surface area contributed by atoms with Crippen LogP contribution in [0.15, 0.2) is 0 Å². The maximum atomic E-state index is 3.76. The number of hydrogen-bond donors (Lipinski definition) is 0. The summed E-state index contributed by atoms with van der Waals surface area (Å²) in [5.74, 6) is 0. The Morgan fingerprint density at radius 3 is 2.11 bits per heavy atom. The van der Waals surface area contributed by atoms with Gasteiger partial charge >= 0.3 is 33.1 Å². The molecule has 0 aliphatic heterocycles. The number of unbranched alkanes of at least 4 members (excludes halogenated alkanes) is 4. The third-order valence-electron chi connectivity index (χ3n) is 1.10. The number of halogens is 1. The summed E-state index contributed by atoms with van der Waals surface area (Å²) in [6.45, 7) is 5.98. The van der Waals surface area contributed by atoms with Crippen LogP contribution in [0, 0.1) is 6.92 Å². The van der Waals surface area contributed by atoms with Gasteiger partial charge in [-0.2, -0.15) is 6.42 Å². The average Bonchev–Trinajstić information content (AvgIpc) is 1.94. The van der Waals surface area contributed by atoms with Gasteiger partial charge in [0.25, 0.3) is 0 Å². The molecule has 0 amide bonds. The Labute approximate surface area is 78.7 Å². The van der Waals surface area contributed by atoms with E-state index in [9.17, 15) is 0 Å². The van der Waals surface area contributed by atoms with Crippen LogP contribution < -0.4 is 0 Å². The summed E-state index contributed by atoms with van der Waals surface area (Å²) in [4.78, 5) is 0. The van der Waals surface area contributed by atoms with E-state index in [1.807, 2.05) is 20.3 Å². The van der Waals surface area contributed by atoms with Crippen LogP contribution in [0.3, 0.4) is 0 Å². The minimum atomic E-state index is 1.11. The summed E-state index contributed by atoms with van der Waals surface area (Å²) in [6, 6.07) is 0. The molecule has 0 heterocycles. The van der Waals surface area contributed by atoms with Crippen LogP contribution in [0.25, 0.3) is 0 Å². The van der Waals surface area contributed by atoms with Gasteiger partial charge in [-0.3, -0.25) is 0 Å². The fourth-order valence-electron chi connectivity index (χ4n) is 0.604. The molecule has 0 saturated heterocycles. The van der Waals surface area contributed by atoms with Gasteiger partial charge in [-0.15, -0.1) is 0 Å². The molecule has 0 N–H and O–H groups in total. The Morgan fingerprint density at radius 1 is 1.22 bits per heavy atom. The number of rotatable bonds is 4. The summed E-state index contributed by atoms with van der Waals surface area (Å²) in [5, 5.41) is 0. The molecule has 0 atom stereocenters. The topological polar surface area (TPSA) is 0 Å². The molecule has 57 valence electrons. The zero-order valence-corrected chi connectivity index (χ0v) is 9.34. The van der Waals surface area contributed by atoms with Crippen LogP contribution in [0.4, 0.5) is 0 Å². The van der Waals surface area contributed by atoms with E-state index in [1.165, 1.54) is 25.7 Å². The molecule has 0 aromatic carbocycles. The first-order valence-corrected chi connectivity index (χ1v) is 7.16. The molecule has 0 nitrogen and oxygen atoms in total. The van der Waals surface area contributed by atoms with Crippen LogP contribution in [0.2, 0.25) is 0 Å². The summed E-state index contributed by atoms with van der Waals surface area (Å²) in [5.41, 5.74) is 0. The Kier molecular flexibility index (Phi) is 23.1. The molecule has 0 spiro atoms. The summed E-state index contributed by atoms with van der Waals surface area (Å²) >= 11 is 4.87. The van der Waals surface area contributed by atoms with Gasteiger partial charge in [-0.25, -0.2) is 0 Å².